The van der Waals surface area contributed by atoms with E-state index < -0.39 is 0 Å². The average Bonchev–Trinajstić information content (AvgIpc) is 2.75. The SMILES string of the molecule is CCNC(=O)c1cc(CC)c2ccsc2n1. The van der Waals surface area contributed by atoms with E-state index in [0.717, 1.165) is 11.3 Å². The van der Waals surface area contributed by atoms with E-state index in [4.69, 9.17) is 0 Å². The van der Waals surface area contributed by atoms with Gasteiger partial charge in [0.2, 0.25) is 0 Å². The van der Waals surface area contributed by atoms with Crippen molar-refractivity contribution in [2.24, 2.45) is 0 Å². The molecule has 2 aromatic heterocycles. The van der Waals surface area contributed by atoms with E-state index in [2.05, 4.69) is 23.3 Å². The molecule has 4 heteroatoms. The maximum absolute atomic E-state index is 11.7. The highest BCUT2D eigenvalue weighted by molar-refractivity contribution is 7.16. The van der Waals surface area contributed by atoms with Crippen LogP contribution in [0.25, 0.3) is 10.2 Å². The van der Waals surface area contributed by atoms with Crippen molar-refractivity contribution in [3.05, 3.63) is 28.8 Å². The fourth-order valence-electron chi connectivity index (χ4n) is 1.68. The number of thiophene rings is 1. The van der Waals surface area contributed by atoms with E-state index in [9.17, 15) is 4.79 Å². The summed E-state index contributed by atoms with van der Waals surface area (Å²) in [6, 6.07) is 3.95. The highest BCUT2D eigenvalue weighted by Crippen LogP contribution is 2.23. The summed E-state index contributed by atoms with van der Waals surface area (Å²) in [6.45, 7) is 4.63. The van der Waals surface area contributed by atoms with Crippen LogP contribution in [-0.4, -0.2) is 17.4 Å². The van der Waals surface area contributed by atoms with Crippen LogP contribution < -0.4 is 5.32 Å². The molecule has 0 saturated carbocycles. The lowest BCUT2D eigenvalue weighted by molar-refractivity contribution is 0.0951. The number of amides is 1. The Labute approximate surface area is 98.5 Å². The minimum absolute atomic E-state index is 0.0903. The van der Waals surface area contributed by atoms with Gasteiger partial charge in [0.25, 0.3) is 5.91 Å². The lowest BCUT2D eigenvalue weighted by Gasteiger charge is -2.05. The number of rotatable bonds is 3. The summed E-state index contributed by atoms with van der Waals surface area (Å²) in [4.78, 5) is 17.0. The van der Waals surface area contributed by atoms with Gasteiger partial charge >= 0.3 is 0 Å². The third-order valence-corrected chi connectivity index (χ3v) is 3.28. The minimum Gasteiger partial charge on any atom is -0.351 e. The second kappa shape index (κ2) is 4.61. The molecule has 0 aromatic carbocycles. The van der Waals surface area contributed by atoms with E-state index in [1.165, 1.54) is 10.9 Å². The Morgan fingerprint density at radius 2 is 2.31 bits per heavy atom. The molecule has 0 radical (unpaired) electrons. The van der Waals surface area contributed by atoms with Crippen LogP contribution in [0.4, 0.5) is 0 Å². The molecule has 2 rings (SSSR count). The smallest absolute Gasteiger partial charge is 0.269 e. The van der Waals surface area contributed by atoms with Gasteiger partial charge in [-0.25, -0.2) is 4.98 Å². The van der Waals surface area contributed by atoms with E-state index in [-0.39, 0.29) is 5.91 Å². The fourth-order valence-corrected chi connectivity index (χ4v) is 2.49. The molecule has 0 aliphatic rings. The Hall–Kier alpha value is -1.42. The van der Waals surface area contributed by atoms with Gasteiger partial charge in [-0.05, 0) is 36.4 Å². The molecule has 2 aromatic rings. The van der Waals surface area contributed by atoms with Crippen LogP contribution in [-0.2, 0) is 6.42 Å². The van der Waals surface area contributed by atoms with Crippen molar-refractivity contribution in [1.29, 1.82) is 0 Å². The van der Waals surface area contributed by atoms with Crippen LogP contribution in [0.1, 0.15) is 29.9 Å². The largest absolute Gasteiger partial charge is 0.351 e. The number of aryl methyl sites for hydroxylation is 1. The monoisotopic (exact) mass is 234 g/mol. The molecule has 0 aliphatic carbocycles. The lowest BCUT2D eigenvalue weighted by atomic mass is 10.1. The van der Waals surface area contributed by atoms with Crippen molar-refractivity contribution in [1.82, 2.24) is 10.3 Å². The first-order chi connectivity index (χ1) is 7.76. The van der Waals surface area contributed by atoms with Crippen molar-refractivity contribution in [3.8, 4) is 0 Å². The fraction of sp³-hybridized carbons (Fsp3) is 0.333. The molecule has 3 nitrogen and oxygen atoms in total. The number of nitrogens with zero attached hydrogens (tertiary/aromatic N) is 1. The van der Waals surface area contributed by atoms with Gasteiger partial charge in [0.1, 0.15) is 10.5 Å². The van der Waals surface area contributed by atoms with Crippen LogP contribution in [0, 0.1) is 0 Å². The number of carbonyl (C=O) groups excluding carboxylic acids is 1. The van der Waals surface area contributed by atoms with E-state index in [1.807, 2.05) is 18.4 Å². The minimum atomic E-state index is -0.0903. The first kappa shape index (κ1) is 11.1. The van der Waals surface area contributed by atoms with E-state index >= 15 is 0 Å². The van der Waals surface area contributed by atoms with Gasteiger partial charge in [0.05, 0.1) is 0 Å². The van der Waals surface area contributed by atoms with E-state index in [0.29, 0.717) is 12.2 Å². The number of carbonyl (C=O) groups is 1. The lowest BCUT2D eigenvalue weighted by Crippen LogP contribution is -2.23. The molecule has 0 fully saturated rings. The van der Waals surface area contributed by atoms with Gasteiger partial charge < -0.3 is 5.32 Å². The zero-order valence-electron chi connectivity index (χ0n) is 9.41. The molecule has 2 heterocycles. The van der Waals surface area contributed by atoms with Crippen LogP contribution >= 0.6 is 11.3 Å². The van der Waals surface area contributed by atoms with Gasteiger partial charge in [-0.3, -0.25) is 4.79 Å². The summed E-state index contributed by atoms with van der Waals surface area (Å²) >= 11 is 1.58. The van der Waals surface area contributed by atoms with Gasteiger partial charge in [0.15, 0.2) is 0 Å². The molecule has 0 bridgehead atoms. The summed E-state index contributed by atoms with van der Waals surface area (Å²) in [5.74, 6) is -0.0903. The molecule has 0 spiro atoms. The summed E-state index contributed by atoms with van der Waals surface area (Å²) < 4.78 is 0. The Bertz CT molecular complexity index is 519. The topological polar surface area (TPSA) is 42.0 Å². The van der Waals surface area contributed by atoms with Gasteiger partial charge in [-0.2, -0.15) is 0 Å². The van der Waals surface area contributed by atoms with Crippen molar-refractivity contribution >= 4 is 27.5 Å². The predicted molar refractivity (Wildman–Crippen MR) is 67.0 cm³/mol. The maximum Gasteiger partial charge on any atom is 0.269 e. The summed E-state index contributed by atoms with van der Waals surface area (Å²) in [5, 5.41) is 5.95. The number of hydrogen-bond acceptors (Lipinski definition) is 3. The molecular formula is C12H14N2OS. The highest BCUT2D eigenvalue weighted by atomic mass is 32.1. The van der Waals surface area contributed by atoms with Crippen LogP contribution in [0.15, 0.2) is 17.5 Å². The quantitative estimate of drug-likeness (QED) is 0.887. The zero-order chi connectivity index (χ0) is 11.5. The molecule has 0 aliphatic heterocycles. The highest BCUT2D eigenvalue weighted by Gasteiger charge is 2.10. The molecule has 1 amide bonds. The molecular weight excluding hydrogens is 220 g/mol. The van der Waals surface area contributed by atoms with Crippen LogP contribution in [0.5, 0.6) is 0 Å². The number of pyridine rings is 1. The third kappa shape index (κ3) is 1.93. The molecule has 1 N–H and O–H groups in total. The van der Waals surface area contributed by atoms with Crippen LogP contribution in [0.3, 0.4) is 0 Å². The van der Waals surface area contributed by atoms with Crippen LogP contribution in [0.2, 0.25) is 0 Å². The Morgan fingerprint density at radius 3 is 3.00 bits per heavy atom. The first-order valence-corrected chi connectivity index (χ1v) is 6.29. The molecule has 0 saturated heterocycles. The number of aromatic nitrogens is 1. The maximum atomic E-state index is 11.7. The second-order valence-corrected chi connectivity index (χ2v) is 4.41. The first-order valence-electron chi connectivity index (χ1n) is 5.41. The summed E-state index contributed by atoms with van der Waals surface area (Å²) in [6.07, 6.45) is 0.919. The Kier molecular flexibility index (Phi) is 3.19. The number of hydrogen-bond donors (Lipinski definition) is 1. The molecule has 0 atom stereocenters. The van der Waals surface area contributed by atoms with Crippen molar-refractivity contribution < 1.29 is 4.79 Å². The third-order valence-electron chi connectivity index (χ3n) is 2.47. The standard InChI is InChI=1S/C12H14N2OS/c1-3-8-7-10(11(15)13-4-2)14-12-9(8)5-6-16-12/h5-7H,3-4H2,1-2H3,(H,13,15). The van der Waals surface area contributed by atoms with Gasteiger partial charge in [0, 0.05) is 11.9 Å². The van der Waals surface area contributed by atoms with Crippen molar-refractivity contribution in [2.45, 2.75) is 20.3 Å². The Balaban J connectivity index is 2.51. The Morgan fingerprint density at radius 1 is 1.50 bits per heavy atom. The predicted octanol–water partition coefficient (Wildman–Crippen LogP) is 2.61. The number of nitrogens with one attached hydrogen (secondary N) is 1. The molecule has 84 valence electrons. The number of fused-ring (bicyclic) bond motifs is 1. The molecule has 0 unspecified atom stereocenters. The average molecular weight is 234 g/mol. The van der Waals surface area contributed by atoms with Crippen molar-refractivity contribution in [3.63, 3.8) is 0 Å². The second-order valence-electron chi connectivity index (χ2n) is 3.52. The normalized spacial score (nSPS) is 10.6. The summed E-state index contributed by atoms with van der Waals surface area (Å²) in [5.41, 5.74) is 1.71. The summed E-state index contributed by atoms with van der Waals surface area (Å²) in [7, 11) is 0. The van der Waals surface area contributed by atoms with Gasteiger partial charge in [-0.15, -0.1) is 11.3 Å². The van der Waals surface area contributed by atoms with Gasteiger partial charge in [-0.1, -0.05) is 6.92 Å². The zero-order valence-corrected chi connectivity index (χ0v) is 10.2. The molecule has 16 heavy (non-hydrogen) atoms. The van der Waals surface area contributed by atoms with E-state index in [1.54, 1.807) is 11.3 Å². The van der Waals surface area contributed by atoms with Crippen molar-refractivity contribution in [2.75, 3.05) is 6.54 Å².